The van der Waals surface area contributed by atoms with E-state index in [1.165, 1.54) is 0 Å². The van der Waals surface area contributed by atoms with Crippen molar-refractivity contribution < 1.29 is 4.79 Å². The van der Waals surface area contributed by atoms with Crippen molar-refractivity contribution in [3.05, 3.63) is 29.8 Å². The van der Waals surface area contributed by atoms with Gasteiger partial charge in [0.2, 0.25) is 0 Å². The number of anilines is 1. The Balaban J connectivity index is 2.91. The van der Waals surface area contributed by atoms with Gasteiger partial charge in [0.25, 0.3) is 0 Å². The van der Waals surface area contributed by atoms with Crippen LogP contribution in [0, 0.1) is 0 Å². The molecule has 1 radical (unpaired) electrons. The number of carbonyl (C=O) groups is 1. The summed E-state index contributed by atoms with van der Waals surface area (Å²) in [5.41, 5.74) is 1.78. The molecule has 57 valence electrons. The van der Waals surface area contributed by atoms with Crippen molar-refractivity contribution in [1.82, 2.24) is 0 Å². The molecule has 1 rings (SSSR count). The van der Waals surface area contributed by atoms with Crippen molar-refractivity contribution in [3.63, 3.8) is 0 Å². The zero-order valence-electron chi connectivity index (χ0n) is 6.13. The van der Waals surface area contributed by atoms with Gasteiger partial charge in [-0.1, -0.05) is 0 Å². The molecule has 1 aromatic carbocycles. The Labute approximate surface area is 79.2 Å². The Morgan fingerprint density at radius 3 is 2.27 bits per heavy atom. The van der Waals surface area contributed by atoms with Gasteiger partial charge in [-0.15, -0.1) is 0 Å². The van der Waals surface area contributed by atoms with E-state index in [9.17, 15) is 4.79 Å². The van der Waals surface area contributed by atoms with Crippen LogP contribution in [0.1, 0.15) is 17.3 Å². The standard InChI is InChI=1S/C8H8NOTe/c1-6(10)7-2-4-8(9-11)5-3-7/h2-5,9H,1H3. The van der Waals surface area contributed by atoms with Gasteiger partial charge in [0, 0.05) is 0 Å². The third-order valence-corrected chi connectivity index (χ3v) is 2.08. The van der Waals surface area contributed by atoms with E-state index in [0.717, 1.165) is 11.3 Å². The molecule has 0 aliphatic rings. The van der Waals surface area contributed by atoms with E-state index in [0.29, 0.717) is 0 Å². The summed E-state index contributed by atoms with van der Waals surface area (Å²) in [5.74, 6) is 0.105. The summed E-state index contributed by atoms with van der Waals surface area (Å²) < 4.78 is 2.99. The maximum atomic E-state index is 10.8. The minimum atomic E-state index is 0.105. The van der Waals surface area contributed by atoms with E-state index in [1.54, 1.807) is 29.5 Å². The number of hydrogen-bond acceptors (Lipinski definition) is 2. The zero-order valence-corrected chi connectivity index (χ0v) is 8.46. The van der Waals surface area contributed by atoms with Crippen molar-refractivity contribution in [3.8, 4) is 0 Å². The average molecular weight is 262 g/mol. The Hall–Kier alpha value is -0.520. The number of hydrogen-bond donors (Lipinski definition) is 1. The molecule has 0 aliphatic carbocycles. The summed E-state index contributed by atoms with van der Waals surface area (Å²) in [5, 5.41) is 0. The number of Topliss-reactive ketones (excluding diaryl/α,β-unsaturated/α-hetero) is 1. The van der Waals surface area contributed by atoms with Gasteiger partial charge < -0.3 is 0 Å². The minimum absolute atomic E-state index is 0.105. The summed E-state index contributed by atoms with van der Waals surface area (Å²) in [6.07, 6.45) is 0. The Morgan fingerprint density at radius 2 is 1.91 bits per heavy atom. The third-order valence-electron chi connectivity index (χ3n) is 1.41. The first kappa shape index (κ1) is 8.58. The van der Waals surface area contributed by atoms with Crippen molar-refractivity contribution in [2.24, 2.45) is 0 Å². The molecule has 1 N–H and O–H groups in total. The van der Waals surface area contributed by atoms with Crippen LogP contribution in [0.4, 0.5) is 5.69 Å². The van der Waals surface area contributed by atoms with Gasteiger partial charge in [-0.3, -0.25) is 0 Å². The van der Waals surface area contributed by atoms with Gasteiger partial charge in [-0.2, -0.15) is 0 Å². The predicted molar refractivity (Wildman–Crippen MR) is 45.8 cm³/mol. The second-order valence-electron chi connectivity index (χ2n) is 2.24. The molecule has 0 bridgehead atoms. The molecule has 2 nitrogen and oxygen atoms in total. The fraction of sp³-hybridized carbons (Fsp3) is 0.125. The normalized spacial score (nSPS) is 9.27. The fourth-order valence-corrected chi connectivity index (χ4v) is 1.16. The van der Waals surface area contributed by atoms with Crippen molar-refractivity contribution in [2.45, 2.75) is 6.92 Å². The van der Waals surface area contributed by atoms with Crippen molar-refractivity contribution >= 4 is 34.0 Å². The topological polar surface area (TPSA) is 29.1 Å². The van der Waals surface area contributed by atoms with Crippen LogP contribution >= 0.6 is 0 Å². The SMILES string of the molecule is CC(=O)c1ccc(N[Te])cc1. The van der Waals surface area contributed by atoms with E-state index in [-0.39, 0.29) is 5.78 Å². The fourth-order valence-electron chi connectivity index (χ4n) is 0.773. The molecule has 0 heterocycles. The quantitative estimate of drug-likeness (QED) is 0.644. The van der Waals surface area contributed by atoms with Gasteiger partial charge in [-0.25, -0.2) is 0 Å². The number of benzene rings is 1. The second-order valence-corrected chi connectivity index (χ2v) is 2.82. The molecule has 0 fully saturated rings. The Kier molecular flexibility index (Phi) is 2.92. The van der Waals surface area contributed by atoms with E-state index < -0.39 is 0 Å². The Bertz CT molecular complexity index is 255. The maximum absolute atomic E-state index is 10.8. The molecule has 0 atom stereocenters. The van der Waals surface area contributed by atoms with Crippen molar-refractivity contribution in [1.29, 1.82) is 0 Å². The summed E-state index contributed by atoms with van der Waals surface area (Å²) in [6, 6.07) is 7.41. The molecule has 0 spiro atoms. The zero-order chi connectivity index (χ0) is 8.27. The van der Waals surface area contributed by atoms with Gasteiger partial charge >= 0.3 is 79.2 Å². The first-order chi connectivity index (χ1) is 5.24. The molecule has 3 heteroatoms. The number of ketones is 1. The average Bonchev–Trinajstić information content (AvgIpc) is 2.05. The second kappa shape index (κ2) is 3.75. The third kappa shape index (κ3) is 2.21. The van der Waals surface area contributed by atoms with E-state index in [2.05, 4.69) is 3.57 Å². The molecule has 0 amide bonds. The van der Waals surface area contributed by atoms with Crippen LogP contribution in [0.2, 0.25) is 0 Å². The van der Waals surface area contributed by atoms with Gasteiger partial charge in [-0.05, 0) is 0 Å². The monoisotopic (exact) mass is 264 g/mol. The first-order valence-corrected chi connectivity index (χ1v) is 4.39. The van der Waals surface area contributed by atoms with Gasteiger partial charge in [0.05, 0.1) is 0 Å². The van der Waals surface area contributed by atoms with Crippen LogP contribution < -0.4 is 3.57 Å². The summed E-state index contributed by atoms with van der Waals surface area (Å²) in [6.45, 7) is 1.56. The van der Waals surface area contributed by atoms with Crippen LogP contribution in [0.3, 0.4) is 0 Å². The number of nitrogens with one attached hydrogen (secondary N) is 1. The molecule has 0 aromatic heterocycles. The van der Waals surface area contributed by atoms with Crippen LogP contribution in [-0.2, 0) is 0 Å². The molecular weight excluding hydrogens is 254 g/mol. The van der Waals surface area contributed by atoms with Gasteiger partial charge in [0.15, 0.2) is 0 Å². The van der Waals surface area contributed by atoms with Crippen LogP contribution in [0.25, 0.3) is 0 Å². The summed E-state index contributed by atoms with van der Waals surface area (Å²) in [7, 11) is 0. The van der Waals surface area contributed by atoms with E-state index in [4.69, 9.17) is 0 Å². The van der Waals surface area contributed by atoms with Crippen molar-refractivity contribution in [2.75, 3.05) is 3.57 Å². The molecule has 0 saturated carbocycles. The van der Waals surface area contributed by atoms with E-state index in [1.807, 2.05) is 24.3 Å². The predicted octanol–water partition coefficient (Wildman–Crippen LogP) is 1.38. The van der Waals surface area contributed by atoms with Gasteiger partial charge in [0.1, 0.15) is 0 Å². The van der Waals surface area contributed by atoms with Crippen LogP contribution in [0.5, 0.6) is 0 Å². The molecule has 0 aliphatic heterocycles. The van der Waals surface area contributed by atoms with E-state index >= 15 is 0 Å². The molecule has 11 heavy (non-hydrogen) atoms. The molecule has 0 unspecified atom stereocenters. The van der Waals surface area contributed by atoms with Crippen LogP contribution in [-0.4, -0.2) is 28.3 Å². The van der Waals surface area contributed by atoms with Crippen LogP contribution in [0.15, 0.2) is 24.3 Å². The molecule has 1 aromatic rings. The summed E-state index contributed by atoms with van der Waals surface area (Å²) >= 11 is 1.78. The molecule has 0 saturated heterocycles. The number of rotatable bonds is 2. The first-order valence-electron chi connectivity index (χ1n) is 3.23. The molecular formula is C8H8NOTe. The number of carbonyl (C=O) groups excluding carboxylic acids is 1. The summed E-state index contributed by atoms with van der Waals surface area (Å²) in [4.78, 5) is 10.8. The Morgan fingerprint density at radius 1 is 1.36 bits per heavy atom.